The first-order valence-electron chi connectivity index (χ1n) is 7.54. The number of nitrogens with zero attached hydrogens (tertiary/aromatic N) is 1. The summed E-state index contributed by atoms with van der Waals surface area (Å²) in [6, 6.07) is 7.93. The monoisotopic (exact) mass is 368 g/mol. The summed E-state index contributed by atoms with van der Waals surface area (Å²) in [4.78, 5) is 25.8. The van der Waals surface area contributed by atoms with Gasteiger partial charge in [-0.15, -0.1) is 0 Å². The van der Waals surface area contributed by atoms with E-state index < -0.39 is 0 Å². The van der Waals surface area contributed by atoms with Crippen LogP contribution in [0.5, 0.6) is 0 Å². The highest BCUT2D eigenvalue weighted by molar-refractivity contribution is 9.10. The van der Waals surface area contributed by atoms with Gasteiger partial charge >= 0.3 is 0 Å². The van der Waals surface area contributed by atoms with Crippen LogP contribution in [0.25, 0.3) is 0 Å². The van der Waals surface area contributed by atoms with Gasteiger partial charge in [-0.2, -0.15) is 0 Å². The highest BCUT2D eigenvalue weighted by atomic mass is 79.9. The van der Waals surface area contributed by atoms with Crippen LogP contribution in [0.1, 0.15) is 39.7 Å². The maximum atomic E-state index is 12.3. The van der Waals surface area contributed by atoms with Gasteiger partial charge < -0.3 is 10.2 Å². The second kappa shape index (κ2) is 8.32. The van der Waals surface area contributed by atoms with Crippen molar-refractivity contribution in [1.82, 2.24) is 10.2 Å². The molecule has 4 nitrogen and oxygen atoms in total. The number of nitrogens with one attached hydrogen (secondary N) is 1. The Morgan fingerprint density at radius 3 is 2.50 bits per heavy atom. The Kier molecular flexibility index (Phi) is 7.07. The molecule has 122 valence electrons. The number of benzene rings is 1. The van der Waals surface area contributed by atoms with E-state index >= 15 is 0 Å². The number of hydrogen-bond donors (Lipinski definition) is 1. The molecule has 0 aliphatic rings. The summed E-state index contributed by atoms with van der Waals surface area (Å²) >= 11 is 3.42. The lowest BCUT2D eigenvalue weighted by Crippen LogP contribution is -2.47. The van der Waals surface area contributed by atoms with Crippen LogP contribution in [0.2, 0.25) is 0 Å². The van der Waals surface area contributed by atoms with Gasteiger partial charge in [-0.05, 0) is 51.8 Å². The molecule has 2 amide bonds. The molecule has 0 bridgehead atoms. The van der Waals surface area contributed by atoms with Crippen LogP contribution in [0.3, 0.4) is 0 Å². The van der Waals surface area contributed by atoms with Crippen molar-refractivity contribution in [3.63, 3.8) is 0 Å². The van der Waals surface area contributed by atoms with Crippen molar-refractivity contribution in [2.24, 2.45) is 0 Å². The first-order valence-corrected chi connectivity index (χ1v) is 8.34. The zero-order chi connectivity index (χ0) is 16.8. The van der Waals surface area contributed by atoms with Crippen LogP contribution in [-0.2, 0) is 16.0 Å². The zero-order valence-electron chi connectivity index (χ0n) is 13.8. The van der Waals surface area contributed by atoms with Crippen LogP contribution in [0, 0.1) is 0 Å². The van der Waals surface area contributed by atoms with E-state index in [1.807, 2.05) is 52.0 Å². The molecule has 0 radical (unpaired) electrons. The van der Waals surface area contributed by atoms with Gasteiger partial charge in [-0.3, -0.25) is 9.59 Å². The molecule has 0 fully saturated rings. The molecule has 5 heteroatoms. The molecular formula is C17H25BrN2O2. The lowest BCUT2D eigenvalue weighted by Gasteiger charge is -2.25. The SMILES string of the molecule is CCN(CC(=O)NC(C)(C)C)C(=O)CCc1cccc(Br)c1. The summed E-state index contributed by atoms with van der Waals surface area (Å²) < 4.78 is 1.01. The maximum absolute atomic E-state index is 12.3. The van der Waals surface area contributed by atoms with Crippen LogP contribution < -0.4 is 5.32 Å². The van der Waals surface area contributed by atoms with Crippen molar-refractivity contribution < 1.29 is 9.59 Å². The van der Waals surface area contributed by atoms with Crippen molar-refractivity contribution in [3.05, 3.63) is 34.3 Å². The fourth-order valence-corrected chi connectivity index (χ4v) is 2.56. The smallest absolute Gasteiger partial charge is 0.240 e. The quantitative estimate of drug-likeness (QED) is 0.838. The average molecular weight is 369 g/mol. The van der Waals surface area contributed by atoms with Crippen LogP contribution >= 0.6 is 15.9 Å². The Morgan fingerprint density at radius 1 is 1.27 bits per heavy atom. The van der Waals surface area contributed by atoms with Gasteiger partial charge in [0.2, 0.25) is 11.8 Å². The minimum Gasteiger partial charge on any atom is -0.350 e. The number of amides is 2. The predicted molar refractivity (Wildman–Crippen MR) is 92.6 cm³/mol. The number of aryl methyl sites for hydroxylation is 1. The summed E-state index contributed by atoms with van der Waals surface area (Å²) in [7, 11) is 0. The van der Waals surface area contributed by atoms with E-state index in [0.717, 1.165) is 10.0 Å². The third-order valence-electron chi connectivity index (χ3n) is 3.10. The largest absolute Gasteiger partial charge is 0.350 e. The first kappa shape index (κ1) is 18.7. The Balaban J connectivity index is 2.52. The third kappa shape index (κ3) is 7.07. The highest BCUT2D eigenvalue weighted by Crippen LogP contribution is 2.13. The molecule has 1 N–H and O–H groups in total. The number of carbonyl (C=O) groups is 2. The second-order valence-electron chi connectivity index (χ2n) is 6.34. The molecule has 0 spiro atoms. The third-order valence-corrected chi connectivity index (χ3v) is 3.59. The number of likely N-dealkylation sites (N-methyl/N-ethyl adjacent to an activating group) is 1. The topological polar surface area (TPSA) is 49.4 Å². The lowest BCUT2D eigenvalue weighted by atomic mass is 10.1. The minimum absolute atomic E-state index is 0.00605. The van der Waals surface area contributed by atoms with E-state index in [-0.39, 0.29) is 23.9 Å². The molecule has 0 aromatic heterocycles. The maximum Gasteiger partial charge on any atom is 0.240 e. The Hall–Kier alpha value is -1.36. The summed E-state index contributed by atoms with van der Waals surface area (Å²) in [6.07, 6.45) is 1.09. The van der Waals surface area contributed by atoms with E-state index in [2.05, 4.69) is 21.2 Å². The van der Waals surface area contributed by atoms with Gasteiger partial charge in [0.15, 0.2) is 0 Å². The second-order valence-corrected chi connectivity index (χ2v) is 7.25. The summed E-state index contributed by atoms with van der Waals surface area (Å²) in [5, 5.41) is 2.88. The van der Waals surface area contributed by atoms with Crippen molar-refractivity contribution in [3.8, 4) is 0 Å². The summed E-state index contributed by atoms with van der Waals surface area (Å²) in [6.45, 7) is 8.32. The molecule has 22 heavy (non-hydrogen) atoms. The normalized spacial score (nSPS) is 11.1. The summed E-state index contributed by atoms with van der Waals surface area (Å²) in [5.74, 6) is -0.114. The van der Waals surface area contributed by atoms with Crippen molar-refractivity contribution in [2.75, 3.05) is 13.1 Å². The standard InChI is InChI=1S/C17H25BrN2O2/c1-5-20(12-15(21)19-17(2,3)4)16(22)10-9-13-7-6-8-14(18)11-13/h6-8,11H,5,9-10,12H2,1-4H3,(H,19,21). The molecule has 0 saturated heterocycles. The van der Waals surface area contributed by atoms with E-state index in [4.69, 9.17) is 0 Å². The zero-order valence-corrected chi connectivity index (χ0v) is 15.4. The molecule has 1 aromatic carbocycles. The summed E-state index contributed by atoms with van der Waals surface area (Å²) in [5.41, 5.74) is 0.827. The van der Waals surface area contributed by atoms with Crippen LogP contribution in [-0.4, -0.2) is 35.3 Å². The van der Waals surface area contributed by atoms with Gasteiger partial charge in [-0.25, -0.2) is 0 Å². The van der Waals surface area contributed by atoms with E-state index in [0.29, 0.717) is 19.4 Å². The predicted octanol–water partition coefficient (Wildman–Crippen LogP) is 3.14. The van der Waals surface area contributed by atoms with Gasteiger partial charge in [0.25, 0.3) is 0 Å². The fourth-order valence-electron chi connectivity index (χ4n) is 2.11. The van der Waals surface area contributed by atoms with Gasteiger partial charge in [0.1, 0.15) is 0 Å². The van der Waals surface area contributed by atoms with Gasteiger partial charge in [-0.1, -0.05) is 28.1 Å². The van der Waals surface area contributed by atoms with Crippen LogP contribution in [0.15, 0.2) is 28.7 Å². The molecular weight excluding hydrogens is 344 g/mol. The number of halogens is 1. The minimum atomic E-state index is -0.282. The van der Waals surface area contributed by atoms with Crippen molar-refractivity contribution in [2.45, 2.75) is 46.1 Å². The first-order chi connectivity index (χ1) is 10.2. The molecule has 0 aliphatic heterocycles. The van der Waals surface area contributed by atoms with Gasteiger partial charge in [0, 0.05) is 23.0 Å². The average Bonchev–Trinajstić information content (AvgIpc) is 2.40. The van der Waals surface area contributed by atoms with Crippen molar-refractivity contribution in [1.29, 1.82) is 0 Å². The van der Waals surface area contributed by atoms with E-state index in [1.54, 1.807) is 4.90 Å². The Bertz CT molecular complexity index is 524. The van der Waals surface area contributed by atoms with E-state index in [1.165, 1.54) is 0 Å². The molecule has 1 rings (SSSR count). The molecule has 0 atom stereocenters. The number of hydrogen-bond acceptors (Lipinski definition) is 2. The Labute approximate surface area is 141 Å². The van der Waals surface area contributed by atoms with Crippen molar-refractivity contribution >= 4 is 27.7 Å². The molecule has 0 unspecified atom stereocenters. The Morgan fingerprint density at radius 2 is 1.95 bits per heavy atom. The number of carbonyl (C=O) groups excluding carboxylic acids is 2. The fraction of sp³-hybridized carbons (Fsp3) is 0.529. The molecule has 0 heterocycles. The van der Waals surface area contributed by atoms with E-state index in [9.17, 15) is 9.59 Å². The highest BCUT2D eigenvalue weighted by Gasteiger charge is 2.19. The molecule has 1 aromatic rings. The van der Waals surface area contributed by atoms with Crippen LogP contribution in [0.4, 0.5) is 0 Å². The number of rotatable bonds is 6. The lowest BCUT2D eigenvalue weighted by molar-refractivity contribution is -0.136. The van der Waals surface area contributed by atoms with Gasteiger partial charge in [0.05, 0.1) is 6.54 Å². The molecule has 0 saturated carbocycles. The molecule has 0 aliphatic carbocycles.